The highest BCUT2D eigenvalue weighted by molar-refractivity contribution is 5.94. The number of nitrogens with one attached hydrogen (secondary N) is 1. The third kappa shape index (κ3) is 4.71. The highest BCUT2D eigenvalue weighted by Crippen LogP contribution is 2.54. The summed E-state index contributed by atoms with van der Waals surface area (Å²) in [6, 6.07) is 16.6. The Bertz CT molecular complexity index is 1070. The first-order valence-electron chi connectivity index (χ1n) is 11.8. The van der Waals surface area contributed by atoms with Gasteiger partial charge in [-0.05, 0) is 69.1 Å². The zero-order valence-corrected chi connectivity index (χ0v) is 20.0. The van der Waals surface area contributed by atoms with Crippen molar-refractivity contribution in [2.45, 2.75) is 56.6 Å². The fraction of sp³-hybridized carbons (Fsp3) is 0.444. The Morgan fingerprint density at radius 3 is 2.47 bits per heavy atom. The van der Waals surface area contributed by atoms with Gasteiger partial charge in [-0.15, -0.1) is 0 Å². The maximum Gasteiger partial charge on any atom is 0.308 e. The van der Waals surface area contributed by atoms with Crippen LogP contribution >= 0.6 is 0 Å². The Kier molecular flexibility index (Phi) is 6.75. The molecule has 1 saturated carbocycles. The van der Waals surface area contributed by atoms with Gasteiger partial charge in [0, 0.05) is 37.4 Å². The summed E-state index contributed by atoms with van der Waals surface area (Å²) in [5.41, 5.74) is 0.302. The third-order valence-electron chi connectivity index (χ3n) is 7.17. The number of nitrogens with zero attached hydrogens (tertiary/aromatic N) is 1. The van der Waals surface area contributed by atoms with Crippen molar-refractivity contribution in [1.82, 2.24) is 10.2 Å². The number of hydrogen-bond acceptors (Lipinski definition) is 6. The van der Waals surface area contributed by atoms with Crippen molar-refractivity contribution in [3.63, 3.8) is 0 Å². The van der Waals surface area contributed by atoms with E-state index in [4.69, 9.17) is 9.47 Å². The minimum atomic E-state index is -0.741. The van der Waals surface area contributed by atoms with Crippen LogP contribution in [-0.4, -0.2) is 54.5 Å². The molecule has 1 N–H and O–H groups in total. The molecule has 2 unspecified atom stereocenters. The second-order valence-electron chi connectivity index (χ2n) is 9.56. The summed E-state index contributed by atoms with van der Waals surface area (Å²) >= 11 is 0. The fourth-order valence-corrected chi connectivity index (χ4v) is 5.80. The average molecular weight is 465 g/mol. The van der Waals surface area contributed by atoms with E-state index in [2.05, 4.69) is 10.2 Å². The topological polar surface area (TPSA) is 84.9 Å². The summed E-state index contributed by atoms with van der Waals surface area (Å²) in [5.74, 6) is -0.351. The number of carbonyl (C=O) groups is 3. The number of rotatable bonds is 5. The zero-order valence-electron chi connectivity index (χ0n) is 20.0. The Hall–Kier alpha value is -3.19. The molecule has 0 aromatic heterocycles. The van der Waals surface area contributed by atoms with Gasteiger partial charge in [-0.1, -0.05) is 30.3 Å². The molecule has 1 saturated heterocycles. The molecule has 1 heterocycles. The van der Waals surface area contributed by atoms with E-state index in [1.54, 1.807) is 18.2 Å². The monoisotopic (exact) mass is 464 g/mol. The van der Waals surface area contributed by atoms with Gasteiger partial charge in [-0.3, -0.25) is 14.4 Å². The SMILES string of the molecule is CC(=O)Oc1cccc(C23CCN(C)CC2(OC(C)=O)CC[C@H](NC(=O)c2ccccc2)C3)c1. The number of piperidine rings is 1. The molecule has 1 amide bonds. The maximum atomic E-state index is 12.9. The number of benzene rings is 2. The molecule has 0 spiro atoms. The number of hydrogen-bond donors (Lipinski definition) is 1. The predicted molar refractivity (Wildman–Crippen MR) is 128 cm³/mol. The van der Waals surface area contributed by atoms with E-state index < -0.39 is 11.0 Å². The van der Waals surface area contributed by atoms with Gasteiger partial charge in [0.15, 0.2) is 0 Å². The summed E-state index contributed by atoms with van der Waals surface area (Å²) < 4.78 is 11.5. The van der Waals surface area contributed by atoms with Crippen LogP contribution in [0, 0.1) is 0 Å². The number of ether oxygens (including phenoxy) is 2. The van der Waals surface area contributed by atoms with Gasteiger partial charge in [0.25, 0.3) is 5.91 Å². The van der Waals surface area contributed by atoms with Crippen molar-refractivity contribution in [1.29, 1.82) is 0 Å². The Balaban J connectivity index is 1.73. The standard InChI is InChI=1S/C27H32N2O5/c1-19(30)33-24-11-7-10-22(16-24)26-14-15-29(3)18-27(26,34-20(2)31)13-12-23(17-26)28-25(32)21-8-5-4-6-9-21/h4-11,16,23H,12-15,17-18H2,1-3H3,(H,28,32)/t23-,26?,27?/m0/s1. The van der Waals surface area contributed by atoms with Crippen molar-refractivity contribution in [2.75, 3.05) is 20.1 Å². The first-order chi connectivity index (χ1) is 16.2. The van der Waals surface area contributed by atoms with Crippen molar-refractivity contribution in [3.8, 4) is 5.75 Å². The molecule has 7 heteroatoms. The van der Waals surface area contributed by atoms with Gasteiger partial charge in [0.2, 0.25) is 0 Å². The number of carbonyl (C=O) groups excluding carboxylic acids is 3. The number of esters is 2. The summed E-state index contributed by atoms with van der Waals surface area (Å²) in [6.07, 6.45) is 2.69. The average Bonchev–Trinajstić information content (AvgIpc) is 2.79. The highest BCUT2D eigenvalue weighted by Gasteiger charge is 2.60. The van der Waals surface area contributed by atoms with Crippen molar-refractivity contribution < 1.29 is 23.9 Å². The molecule has 3 atom stereocenters. The van der Waals surface area contributed by atoms with Crippen LogP contribution in [0.4, 0.5) is 0 Å². The molecule has 1 aliphatic carbocycles. The lowest BCUT2D eigenvalue weighted by Crippen LogP contribution is -2.68. The van der Waals surface area contributed by atoms with Crippen molar-refractivity contribution >= 4 is 17.8 Å². The van der Waals surface area contributed by atoms with Crippen LogP contribution in [0.3, 0.4) is 0 Å². The number of amides is 1. The van der Waals surface area contributed by atoms with E-state index in [0.29, 0.717) is 37.1 Å². The summed E-state index contributed by atoms with van der Waals surface area (Å²) in [5, 5.41) is 3.21. The van der Waals surface area contributed by atoms with Crippen molar-refractivity contribution in [3.05, 3.63) is 65.7 Å². The molecule has 2 aromatic rings. The Labute approximate surface area is 200 Å². The van der Waals surface area contributed by atoms with E-state index >= 15 is 0 Å². The lowest BCUT2D eigenvalue weighted by molar-refractivity contribution is -0.185. The van der Waals surface area contributed by atoms with Crippen LogP contribution in [0.15, 0.2) is 54.6 Å². The molecular weight excluding hydrogens is 432 g/mol. The van der Waals surface area contributed by atoms with Gasteiger partial charge < -0.3 is 19.7 Å². The lowest BCUT2D eigenvalue weighted by atomic mass is 9.55. The van der Waals surface area contributed by atoms with Gasteiger partial charge in [0.05, 0.1) is 0 Å². The number of fused-ring (bicyclic) bond motifs is 1. The van der Waals surface area contributed by atoms with Crippen LogP contribution < -0.4 is 10.1 Å². The van der Waals surface area contributed by atoms with E-state index in [1.807, 2.05) is 43.4 Å². The van der Waals surface area contributed by atoms with Crippen LogP contribution in [0.1, 0.15) is 55.5 Å². The fourth-order valence-electron chi connectivity index (χ4n) is 5.80. The molecule has 180 valence electrons. The van der Waals surface area contributed by atoms with E-state index in [1.165, 1.54) is 13.8 Å². The van der Waals surface area contributed by atoms with Crippen LogP contribution in [-0.2, 0) is 19.7 Å². The van der Waals surface area contributed by atoms with Crippen molar-refractivity contribution in [2.24, 2.45) is 0 Å². The number of likely N-dealkylation sites (tertiary alicyclic amines) is 1. The second kappa shape index (κ2) is 9.58. The first-order valence-corrected chi connectivity index (χ1v) is 11.8. The summed E-state index contributed by atoms with van der Waals surface area (Å²) in [7, 11) is 2.04. The maximum absolute atomic E-state index is 12.9. The molecule has 7 nitrogen and oxygen atoms in total. The largest absolute Gasteiger partial charge is 0.457 e. The molecule has 1 aliphatic heterocycles. The predicted octanol–water partition coefficient (Wildman–Crippen LogP) is 3.47. The molecule has 2 aliphatic rings. The molecule has 0 radical (unpaired) electrons. The summed E-state index contributed by atoms with van der Waals surface area (Å²) in [4.78, 5) is 39.0. The Morgan fingerprint density at radius 2 is 1.76 bits per heavy atom. The Morgan fingerprint density at radius 1 is 1.00 bits per heavy atom. The highest BCUT2D eigenvalue weighted by atomic mass is 16.6. The molecular formula is C27H32N2O5. The van der Waals surface area contributed by atoms with Gasteiger partial charge in [-0.2, -0.15) is 0 Å². The smallest absolute Gasteiger partial charge is 0.308 e. The van der Waals surface area contributed by atoms with E-state index in [0.717, 1.165) is 18.5 Å². The normalized spacial score (nSPS) is 26.7. The molecule has 2 aromatic carbocycles. The molecule has 4 rings (SSSR count). The number of likely N-dealkylation sites (N-methyl/N-ethyl adjacent to an activating group) is 1. The molecule has 0 bridgehead atoms. The van der Waals surface area contributed by atoms with Crippen LogP contribution in [0.5, 0.6) is 5.75 Å². The minimum absolute atomic E-state index is 0.0859. The molecule has 2 fully saturated rings. The van der Waals surface area contributed by atoms with Gasteiger partial charge >= 0.3 is 11.9 Å². The van der Waals surface area contributed by atoms with E-state index in [9.17, 15) is 14.4 Å². The van der Waals surface area contributed by atoms with Gasteiger partial charge in [0.1, 0.15) is 11.4 Å². The minimum Gasteiger partial charge on any atom is -0.457 e. The van der Waals surface area contributed by atoms with Crippen LogP contribution in [0.25, 0.3) is 0 Å². The molecule has 34 heavy (non-hydrogen) atoms. The summed E-state index contributed by atoms with van der Waals surface area (Å²) in [6.45, 7) is 4.25. The zero-order chi connectivity index (χ0) is 24.3. The third-order valence-corrected chi connectivity index (χ3v) is 7.17. The van der Waals surface area contributed by atoms with Crippen LogP contribution in [0.2, 0.25) is 0 Å². The second-order valence-corrected chi connectivity index (χ2v) is 9.56. The first kappa shape index (κ1) is 24.0. The van der Waals surface area contributed by atoms with Gasteiger partial charge in [-0.25, -0.2) is 0 Å². The van der Waals surface area contributed by atoms with E-state index in [-0.39, 0.29) is 23.9 Å². The quantitative estimate of drug-likeness (QED) is 0.539. The lowest BCUT2D eigenvalue weighted by Gasteiger charge is -2.59.